The number of amides is 1. The third-order valence-corrected chi connectivity index (χ3v) is 3.50. The molecule has 0 aromatic heterocycles. The van der Waals surface area contributed by atoms with Gasteiger partial charge in [-0.2, -0.15) is 0 Å². The number of carbonyl (C=O) groups excluding carboxylic acids is 1. The van der Waals surface area contributed by atoms with Gasteiger partial charge >= 0.3 is 5.97 Å². The average Bonchev–Trinajstić information content (AvgIpc) is 2.26. The lowest BCUT2D eigenvalue weighted by molar-refractivity contribution is -0.140. The lowest BCUT2D eigenvalue weighted by atomic mass is 9.84. The zero-order valence-corrected chi connectivity index (χ0v) is 12.6. The summed E-state index contributed by atoms with van der Waals surface area (Å²) < 4.78 is 0. The maximum Gasteiger partial charge on any atom is 0.305 e. The maximum atomic E-state index is 12.1. The van der Waals surface area contributed by atoms with Crippen molar-refractivity contribution in [2.45, 2.75) is 59.4 Å². The highest BCUT2D eigenvalue weighted by atomic mass is 16.4. The van der Waals surface area contributed by atoms with Gasteiger partial charge in [0.25, 0.3) is 0 Å². The van der Waals surface area contributed by atoms with E-state index in [4.69, 9.17) is 10.8 Å². The number of aliphatic carboxylic acids is 1. The highest BCUT2D eigenvalue weighted by Crippen LogP contribution is 2.26. The zero-order valence-electron chi connectivity index (χ0n) is 12.6. The van der Waals surface area contributed by atoms with Gasteiger partial charge in [0.05, 0.1) is 6.42 Å². The van der Waals surface area contributed by atoms with Gasteiger partial charge in [-0.25, -0.2) is 0 Å². The molecule has 19 heavy (non-hydrogen) atoms. The Morgan fingerprint density at radius 3 is 2.32 bits per heavy atom. The standard InChI is InChI=1S/C14H28N2O3/c1-5-16(11(2)10-13(18)19)12(17)6-7-14(3,4)8-9-15/h11H,5-10,15H2,1-4H3,(H,18,19). The Kier molecular flexibility index (Phi) is 7.68. The number of carboxylic acid groups (broad SMARTS) is 1. The van der Waals surface area contributed by atoms with E-state index in [0.29, 0.717) is 19.5 Å². The van der Waals surface area contributed by atoms with Crippen LogP contribution in [0.1, 0.15) is 53.4 Å². The topological polar surface area (TPSA) is 83.6 Å². The highest BCUT2D eigenvalue weighted by Gasteiger charge is 2.23. The lowest BCUT2D eigenvalue weighted by Gasteiger charge is -2.29. The second-order valence-electron chi connectivity index (χ2n) is 5.83. The number of carboxylic acids is 1. The molecule has 0 aromatic carbocycles. The molecule has 5 heteroatoms. The molecule has 3 N–H and O–H groups in total. The third kappa shape index (κ3) is 7.15. The van der Waals surface area contributed by atoms with Crippen LogP contribution >= 0.6 is 0 Å². The first-order valence-corrected chi connectivity index (χ1v) is 6.95. The monoisotopic (exact) mass is 272 g/mol. The van der Waals surface area contributed by atoms with Gasteiger partial charge in [-0.15, -0.1) is 0 Å². The fourth-order valence-electron chi connectivity index (χ4n) is 2.20. The zero-order chi connectivity index (χ0) is 15.1. The van der Waals surface area contributed by atoms with E-state index >= 15 is 0 Å². The molecule has 0 saturated carbocycles. The molecular formula is C14H28N2O3. The highest BCUT2D eigenvalue weighted by molar-refractivity contribution is 5.77. The molecule has 0 radical (unpaired) electrons. The largest absolute Gasteiger partial charge is 0.481 e. The van der Waals surface area contributed by atoms with Gasteiger partial charge in [-0.1, -0.05) is 13.8 Å². The van der Waals surface area contributed by atoms with E-state index < -0.39 is 5.97 Å². The predicted molar refractivity (Wildman–Crippen MR) is 75.8 cm³/mol. The van der Waals surface area contributed by atoms with E-state index in [1.165, 1.54) is 0 Å². The molecule has 0 rings (SSSR count). The van der Waals surface area contributed by atoms with E-state index in [0.717, 1.165) is 12.8 Å². The smallest absolute Gasteiger partial charge is 0.305 e. The Labute approximate surface area is 116 Å². The number of hydrogen-bond acceptors (Lipinski definition) is 3. The quantitative estimate of drug-likeness (QED) is 0.671. The fourth-order valence-corrected chi connectivity index (χ4v) is 2.20. The first-order chi connectivity index (χ1) is 8.73. The van der Waals surface area contributed by atoms with E-state index in [-0.39, 0.29) is 23.8 Å². The first kappa shape index (κ1) is 17.9. The van der Waals surface area contributed by atoms with Crippen molar-refractivity contribution in [3.05, 3.63) is 0 Å². The van der Waals surface area contributed by atoms with Crippen LogP contribution in [0, 0.1) is 5.41 Å². The molecule has 1 atom stereocenters. The van der Waals surface area contributed by atoms with Crippen LogP contribution < -0.4 is 5.73 Å². The van der Waals surface area contributed by atoms with E-state index in [2.05, 4.69) is 13.8 Å². The third-order valence-electron chi connectivity index (χ3n) is 3.50. The van der Waals surface area contributed by atoms with E-state index in [1.54, 1.807) is 11.8 Å². The second kappa shape index (κ2) is 8.15. The molecule has 0 aliphatic carbocycles. The summed E-state index contributed by atoms with van der Waals surface area (Å²) in [7, 11) is 0. The van der Waals surface area contributed by atoms with Gasteiger partial charge in [-0.05, 0) is 38.6 Å². The van der Waals surface area contributed by atoms with Crippen LogP contribution in [0.25, 0.3) is 0 Å². The van der Waals surface area contributed by atoms with Crippen LogP contribution in [-0.2, 0) is 9.59 Å². The summed E-state index contributed by atoms with van der Waals surface area (Å²) in [5, 5.41) is 8.79. The van der Waals surface area contributed by atoms with Gasteiger partial charge in [-0.3, -0.25) is 9.59 Å². The Balaban J connectivity index is 4.40. The molecule has 0 aromatic rings. The molecule has 5 nitrogen and oxygen atoms in total. The van der Waals surface area contributed by atoms with Crippen LogP contribution in [0.3, 0.4) is 0 Å². The molecule has 0 saturated heterocycles. The molecule has 1 unspecified atom stereocenters. The summed E-state index contributed by atoms with van der Waals surface area (Å²) in [6, 6.07) is -0.257. The molecule has 0 fully saturated rings. The van der Waals surface area contributed by atoms with Gasteiger partial charge in [0.1, 0.15) is 0 Å². The van der Waals surface area contributed by atoms with Crippen LogP contribution in [0.5, 0.6) is 0 Å². The average molecular weight is 272 g/mol. The van der Waals surface area contributed by atoms with Crippen molar-refractivity contribution in [3.63, 3.8) is 0 Å². The van der Waals surface area contributed by atoms with Crippen LogP contribution in [0.15, 0.2) is 0 Å². The minimum absolute atomic E-state index is 0.00816. The van der Waals surface area contributed by atoms with Crippen molar-refractivity contribution in [1.82, 2.24) is 4.90 Å². The number of hydrogen-bond donors (Lipinski definition) is 2. The van der Waals surface area contributed by atoms with Gasteiger partial charge in [0.15, 0.2) is 0 Å². The molecule has 0 aliphatic heterocycles. The minimum atomic E-state index is -0.873. The van der Waals surface area contributed by atoms with Crippen molar-refractivity contribution in [2.75, 3.05) is 13.1 Å². The van der Waals surface area contributed by atoms with Gasteiger partial charge < -0.3 is 15.7 Å². The van der Waals surface area contributed by atoms with Crippen LogP contribution in [-0.4, -0.2) is 41.0 Å². The molecule has 0 aliphatic rings. The second-order valence-corrected chi connectivity index (χ2v) is 5.83. The molecule has 112 valence electrons. The summed E-state index contributed by atoms with van der Waals surface area (Å²) in [6.07, 6.45) is 2.10. The van der Waals surface area contributed by atoms with Crippen molar-refractivity contribution in [3.8, 4) is 0 Å². The fraction of sp³-hybridized carbons (Fsp3) is 0.857. The predicted octanol–water partition coefficient (Wildman–Crippen LogP) is 1.85. The summed E-state index contributed by atoms with van der Waals surface area (Å²) in [5.74, 6) is -0.844. The first-order valence-electron chi connectivity index (χ1n) is 6.95. The van der Waals surface area contributed by atoms with Crippen molar-refractivity contribution >= 4 is 11.9 Å². The number of nitrogens with zero attached hydrogens (tertiary/aromatic N) is 1. The number of rotatable bonds is 9. The Bertz CT molecular complexity index is 303. The maximum absolute atomic E-state index is 12.1. The van der Waals surface area contributed by atoms with E-state index in [9.17, 15) is 9.59 Å². The van der Waals surface area contributed by atoms with E-state index in [1.807, 2.05) is 6.92 Å². The summed E-state index contributed by atoms with van der Waals surface area (Å²) >= 11 is 0. The number of nitrogens with two attached hydrogens (primary N) is 1. The molecule has 0 spiro atoms. The lowest BCUT2D eigenvalue weighted by Crippen LogP contribution is -2.40. The summed E-state index contributed by atoms with van der Waals surface area (Å²) in [5.41, 5.74) is 5.60. The Hall–Kier alpha value is -1.10. The molecule has 0 bridgehead atoms. The number of carbonyl (C=O) groups is 2. The SMILES string of the molecule is CCN(C(=O)CCC(C)(C)CCN)C(C)CC(=O)O. The van der Waals surface area contributed by atoms with Crippen molar-refractivity contribution < 1.29 is 14.7 Å². The summed E-state index contributed by atoms with van der Waals surface area (Å²) in [6.45, 7) is 9.02. The Morgan fingerprint density at radius 1 is 1.32 bits per heavy atom. The van der Waals surface area contributed by atoms with Crippen LogP contribution in [0.4, 0.5) is 0 Å². The van der Waals surface area contributed by atoms with Gasteiger partial charge in [0.2, 0.25) is 5.91 Å². The molecular weight excluding hydrogens is 244 g/mol. The van der Waals surface area contributed by atoms with Crippen molar-refractivity contribution in [1.29, 1.82) is 0 Å². The molecule has 0 heterocycles. The van der Waals surface area contributed by atoms with Crippen molar-refractivity contribution in [2.24, 2.45) is 11.1 Å². The molecule has 1 amide bonds. The van der Waals surface area contributed by atoms with Crippen LogP contribution in [0.2, 0.25) is 0 Å². The minimum Gasteiger partial charge on any atom is -0.481 e. The normalized spacial score (nSPS) is 13.1. The summed E-state index contributed by atoms with van der Waals surface area (Å²) in [4.78, 5) is 24.5. The Morgan fingerprint density at radius 2 is 1.89 bits per heavy atom. The van der Waals surface area contributed by atoms with Gasteiger partial charge in [0, 0.05) is 19.0 Å².